The molecule has 4 aromatic heterocycles. The normalized spacial score (nSPS) is 11.0. The number of aromatic nitrogens is 6. The van der Waals surface area contributed by atoms with E-state index in [4.69, 9.17) is 0 Å². The van der Waals surface area contributed by atoms with Crippen molar-refractivity contribution in [3.8, 4) is 11.4 Å². The van der Waals surface area contributed by atoms with Crippen LogP contribution >= 0.6 is 23.1 Å². The Bertz CT molecular complexity index is 1060. The quantitative estimate of drug-likeness (QED) is 0.529. The summed E-state index contributed by atoms with van der Waals surface area (Å²) in [7, 11) is 0. The van der Waals surface area contributed by atoms with Crippen LogP contribution in [-0.2, 0) is 4.79 Å². The van der Waals surface area contributed by atoms with Crippen molar-refractivity contribution in [2.45, 2.75) is 11.9 Å². The SMILES string of the molecule is Cc1csc(NC(=O)CSc2ccc3nnc(-c4cccnc4)n3n2)n1. The van der Waals surface area contributed by atoms with Crippen LogP contribution in [0, 0.1) is 6.92 Å². The molecule has 0 saturated carbocycles. The van der Waals surface area contributed by atoms with Crippen molar-refractivity contribution in [2.24, 2.45) is 0 Å². The summed E-state index contributed by atoms with van der Waals surface area (Å²) in [5, 5.41) is 18.8. The highest BCUT2D eigenvalue weighted by Gasteiger charge is 2.12. The van der Waals surface area contributed by atoms with Gasteiger partial charge in [0.1, 0.15) is 5.03 Å². The first-order chi connectivity index (χ1) is 12.7. The summed E-state index contributed by atoms with van der Waals surface area (Å²) in [6.45, 7) is 1.89. The van der Waals surface area contributed by atoms with Crippen molar-refractivity contribution < 1.29 is 4.79 Å². The summed E-state index contributed by atoms with van der Waals surface area (Å²) in [4.78, 5) is 20.4. The van der Waals surface area contributed by atoms with Crippen molar-refractivity contribution in [1.29, 1.82) is 0 Å². The topological polar surface area (TPSA) is 98.0 Å². The minimum absolute atomic E-state index is 0.123. The number of carbonyl (C=O) groups excluding carboxylic acids is 1. The minimum Gasteiger partial charge on any atom is -0.301 e. The first kappa shape index (κ1) is 16.6. The summed E-state index contributed by atoms with van der Waals surface area (Å²) in [6.07, 6.45) is 3.41. The molecular formula is C16H13N7OS2. The van der Waals surface area contributed by atoms with Gasteiger partial charge in [-0.2, -0.15) is 9.61 Å². The van der Waals surface area contributed by atoms with Crippen molar-refractivity contribution >= 4 is 39.8 Å². The molecule has 0 aliphatic rings. The predicted molar refractivity (Wildman–Crippen MR) is 100 cm³/mol. The fraction of sp³-hybridized carbons (Fsp3) is 0.125. The third-order valence-electron chi connectivity index (χ3n) is 3.37. The molecule has 0 spiro atoms. The van der Waals surface area contributed by atoms with Crippen molar-refractivity contribution in [2.75, 3.05) is 11.1 Å². The van der Waals surface area contributed by atoms with Crippen LogP contribution in [0.25, 0.3) is 17.0 Å². The van der Waals surface area contributed by atoms with E-state index < -0.39 is 0 Å². The molecule has 8 nitrogen and oxygen atoms in total. The Balaban J connectivity index is 1.49. The van der Waals surface area contributed by atoms with Gasteiger partial charge in [0.2, 0.25) is 5.91 Å². The number of pyridine rings is 1. The third-order valence-corrected chi connectivity index (χ3v) is 5.17. The van der Waals surface area contributed by atoms with Gasteiger partial charge < -0.3 is 5.32 Å². The zero-order valence-electron chi connectivity index (χ0n) is 13.7. The Morgan fingerprint density at radius 2 is 2.23 bits per heavy atom. The molecule has 4 aromatic rings. The highest BCUT2D eigenvalue weighted by molar-refractivity contribution is 7.99. The van der Waals surface area contributed by atoms with Gasteiger partial charge in [0, 0.05) is 23.3 Å². The van der Waals surface area contributed by atoms with Gasteiger partial charge in [-0.3, -0.25) is 9.78 Å². The van der Waals surface area contributed by atoms with E-state index in [1.807, 2.05) is 36.6 Å². The number of amides is 1. The Kier molecular flexibility index (Phi) is 4.59. The molecule has 26 heavy (non-hydrogen) atoms. The Labute approximate surface area is 156 Å². The fourth-order valence-electron chi connectivity index (χ4n) is 2.23. The number of thiazole rings is 1. The summed E-state index contributed by atoms with van der Waals surface area (Å²) in [5.74, 6) is 0.724. The zero-order valence-corrected chi connectivity index (χ0v) is 15.3. The Hall–Kier alpha value is -2.85. The van der Waals surface area contributed by atoms with Crippen LogP contribution in [0.2, 0.25) is 0 Å². The van der Waals surface area contributed by atoms with E-state index in [0.29, 0.717) is 21.6 Å². The van der Waals surface area contributed by atoms with E-state index in [9.17, 15) is 4.79 Å². The number of fused-ring (bicyclic) bond motifs is 1. The number of aryl methyl sites for hydroxylation is 1. The standard InChI is InChI=1S/C16H13N7OS2/c1-10-8-26-16(18-10)19-13(24)9-25-14-5-4-12-20-21-15(23(12)22-14)11-3-2-6-17-7-11/h2-8H,9H2,1H3,(H,18,19,24). The molecule has 4 rings (SSSR count). The lowest BCUT2D eigenvalue weighted by Crippen LogP contribution is -2.14. The number of rotatable bonds is 5. The van der Waals surface area contributed by atoms with Gasteiger partial charge in [-0.1, -0.05) is 11.8 Å². The van der Waals surface area contributed by atoms with Crippen molar-refractivity contribution in [3.63, 3.8) is 0 Å². The number of thioether (sulfide) groups is 1. The van der Waals surface area contributed by atoms with Crippen LogP contribution in [0.1, 0.15) is 5.69 Å². The number of nitrogens with zero attached hydrogens (tertiary/aromatic N) is 6. The average molecular weight is 383 g/mol. The number of hydrogen-bond acceptors (Lipinski definition) is 8. The maximum atomic E-state index is 12.1. The predicted octanol–water partition coefficient (Wildman–Crippen LogP) is 2.68. The number of anilines is 1. The van der Waals surface area contributed by atoms with Gasteiger partial charge in [-0.25, -0.2) is 4.98 Å². The molecule has 1 amide bonds. The van der Waals surface area contributed by atoms with Crippen LogP contribution in [0.3, 0.4) is 0 Å². The molecule has 0 bridgehead atoms. The molecule has 0 aromatic carbocycles. The Morgan fingerprint density at radius 3 is 3.00 bits per heavy atom. The molecule has 1 N–H and O–H groups in total. The molecule has 10 heteroatoms. The van der Waals surface area contributed by atoms with Gasteiger partial charge in [0.05, 0.1) is 11.4 Å². The van der Waals surface area contributed by atoms with Gasteiger partial charge in [-0.15, -0.1) is 21.5 Å². The summed E-state index contributed by atoms with van der Waals surface area (Å²) < 4.78 is 1.65. The molecular weight excluding hydrogens is 370 g/mol. The van der Waals surface area contributed by atoms with Crippen LogP contribution in [-0.4, -0.2) is 41.4 Å². The maximum Gasteiger partial charge on any atom is 0.236 e. The van der Waals surface area contributed by atoms with E-state index in [0.717, 1.165) is 11.3 Å². The van der Waals surface area contributed by atoms with Gasteiger partial charge in [0.25, 0.3) is 0 Å². The van der Waals surface area contributed by atoms with E-state index in [-0.39, 0.29) is 11.7 Å². The molecule has 0 atom stereocenters. The Morgan fingerprint density at radius 1 is 1.31 bits per heavy atom. The lowest BCUT2D eigenvalue weighted by atomic mass is 10.3. The first-order valence-electron chi connectivity index (χ1n) is 7.67. The zero-order chi connectivity index (χ0) is 17.9. The summed E-state index contributed by atoms with van der Waals surface area (Å²) in [5.41, 5.74) is 2.35. The maximum absolute atomic E-state index is 12.1. The summed E-state index contributed by atoms with van der Waals surface area (Å²) in [6, 6.07) is 7.38. The van der Waals surface area contributed by atoms with Crippen molar-refractivity contribution in [3.05, 3.63) is 47.7 Å². The fourth-order valence-corrected chi connectivity index (χ4v) is 3.59. The number of carbonyl (C=O) groups is 1. The van der Waals surface area contributed by atoms with Gasteiger partial charge in [0.15, 0.2) is 16.6 Å². The highest BCUT2D eigenvalue weighted by Crippen LogP contribution is 2.21. The van der Waals surface area contributed by atoms with E-state index in [1.165, 1.54) is 23.1 Å². The molecule has 130 valence electrons. The monoisotopic (exact) mass is 383 g/mol. The third kappa shape index (κ3) is 3.55. The van der Waals surface area contributed by atoms with Crippen molar-refractivity contribution in [1.82, 2.24) is 29.8 Å². The minimum atomic E-state index is -0.123. The second kappa shape index (κ2) is 7.18. The van der Waals surface area contributed by atoms with E-state index >= 15 is 0 Å². The largest absolute Gasteiger partial charge is 0.301 e. The molecule has 0 radical (unpaired) electrons. The molecule has 4 heterocycles. The summed E-state index contributed by atoms with van der Waals surface area (Å²) >= 11 is 2.75. The van der Waals surface area contributed by atoms with Crippen LogP contribution in [0.5, 0.6) is 0 Å². The first-order valence-corrected chi connectivity index (χ1v) is 9.53. The molecule has 0 aliphatic carbocycles. The van der Waals surface area contributed by atoms with Gasteiger partial charge >= 0.3 is 0 Å². The average Bonchev–Trinajstić information content (AvgIpc) is 3.26. The second-order valence-corrected chi connectivity index (χ2v) is 7.19. The smallest absolute Gasteiger partial charge is 0.236 e. The molecule has 0 saturated heterocycles. The van der Waals surface area contributed by atoms with Crippen LogP contribution in [0.15, 0.2) is 47.1 Å². The van der Waals surface area contributed by atoms with Gasteiger partial charge in [-0.05, 0) is 31.2 Å². The number of nitrogens with one attached hydrogen (secondary N) is 1. The highest BCUT2D eigenvalue weighted by atomic mass is 32.2. The number of hydrogen-bond donors (Lipinski definition) is 1. The molecule has 0 unspecified atom stereocenters. The van der Waals surface area contributed by atoms with Crippen LogP contribution in [0.4, 0.5) is 5.13 Å². The lowest BCUT2D eigenvalue weighted by Gasteiger charge is -2.03. The molecule has 0 aliphatic heterocycles. The second-order valence-electron chi connectivity index (χ2n) is 5.34. The lowest BCUT2D eigenvalue weighted by molar-refractivity contribution is -0.113. The van der Waals surface area contributed by atoms with E-state index in [2.05, 4.69) is 30.6 Å². The molecule has 0 fully saturated rings. The van der Waals surface area contributed by atoms with E-state index in [1.54, 1.807) is 16.9 Å². The van der Waals surface area contributed by atoms with Crippen LogP contribution < -0.4 is 5.32 Å².